The number of hydrogen-bond acceptors (Lipinski definition) is 6. The second-order valence-electron chi connectivity index (χ2n) is 8.01. The summed E-state index contributed by atoms with van der Waals surface area (Å²) >= 11 is 16.9. The number of nitrogens with one attached hydrogen (secondary N) is 2. The Bertz CT molecular complexity index is 1810. The lowest BCUT2D eigenvalue weighted by molar-refractivity contribution is 0.102. The van der Waals surface area contributed by atoms with Gasteiger partial charge in [-0.15, -0.1) is 34.0 Å². The van der Waals surface area contributed by atoms with E-state index in [0.29, 0.717) is 36.3 Å². The van der Waals surface area contributed by atoms with Crippen molar-refractivity contribution in [3.63, 3.8) is 0 Å². The Morgan fingerprint density at radius 2 is 1.24 bits per heavy atom. The van der Waals surface area contributed by atoms with Crippen LogP contribution in [0.2, 0.25) is 10.0 Å². The smallest absolute Gasteiger partial charge is 0.269 e. The van der Waals surface area contributed by atoms with Crippen LogP contribution in [0.1, 0.15) is 19.3 Å². The maximum Gasteiger partial charge on any atom is 0.269 e. The first-order valence-corrected chi connectivity index (χ1v) is 14.3. The summed E-state index contributed by atoms with van der Waals surface area (Å²) in [5.74, 6) is -0.539. The number of hydrogen-bond donors (Lipinski definition) is 2. The quantitative estimate of drug-likeness (QED) is 0.214. The minimum Gasteiger partial charge on any atom is -0.321 e. The maximum absolute atomic E-state index is 12.8. The van der Waals surface area contributed by atoms with Gasteiger partial charge in [0, 0.05) is 36.8 Å². The Labute approximate surface area is 233 Å². The molecule has 6 aromatic rings. The first-order chi connectivity index (χ1) is 18.0. The molecule has 2 N–H and O–H groups in total. The van der Waals surface area contributed by atoms with Gasteiger partial charge in [0.25, 0.3) is 11.8 Å². The largest absolute Gasteiger partial charge is 0.321 e. The summed E-state index contributed by atoms with van der Waals surface area (Å²) < 4.78 is 1.92. The SMILES string of the molecule is O=C(Nc1ccc(-c2csc(NC(=O)c3sc4ccccc4c3Cl)n2)cc1)c1sc2ccccc2c1Cl. The summed E-state index contributed by atoms with van der Waals surface area (Å²) in [5, 5.41) is 10.7. The highest BCUT2D eigenvalue weighted by Crippen LogP contribution is 2.37. The van der Waals surface area contributed by atoms with Crippen LogP contribution in [0, 0.1) is 0 Å². The van der Waals surface area contributed by atoms with E-state index >= 15 is 0 Å². The van der Waals surface area contributed by atoms with Crippen LogP contribution in [0.15, 0.2) is 78.2 Å². The lowest BCUT2D eigenvalue weighted by Crippen LogP contribution is -2.10. The van der Waals surface area contributed by atoms with Crippen molar-refractivity contribution >= 4 is 100 Å². The highest BCUT2D eigenvalue weighted by Gasteiger charge is 2.19. The molecule has 6 rings (SSSR count). The molecule has 3 heterocycles. The van der Waals surface area contributed by atoms with E-state index in [1.807, 2.05) is 78.2 Å². The van der Waals surface area contributed by atoms with E-state index in [1.54, 1.807) is 0 Å². The summed E-state index contributed by atoms with van der Waals surface area (Å²) in [6, 6.07) is 22.7. The van der Waals surface area contributed by atoms with Gasteiger partial charge in [0.2, 0.25) is 0 Å². The molecular weight excluding hydrogens is 565 g/mol. The molecule has 0 radical (unpaired) electrons. The summed E-state index contributed by atoms with van der Waals surface area (Å²) in [7, 11) is 0. The fourth-order valence-corrected chi connectivity index (χ4v) is 7.39. The van der Waals surface area contributed by atoms with Crippen molar-refractivity contribution in [2.24, 2.45) is 0 Å². The topological polar surface area (TPSA) is 71.1 Å². The molecule has 3 aromatic heterocycles. The van der Waals surface area contributed by atoms with Gasteiger partial charge in [-0.3, -0.25) is 14.9 Å². The number of rotatable bonds is 5. The first kappa shape index (κ1) is 24.1. The average Bonchev–Trinajstić information content (AvgIpc) is 3.61. The lowest BCUT2D eigenvalue weighted by Gasteiger charge is -2.05. The predicted molar refractivity (Wildman–Crippen MR) is 157 cm³/mol. The molecule has 0 bridgehead atoms. The zero-order valence-corrected chi connectivity index (χ0v) is 22.7. The van der Waals surface area contributed by atoms with Gasteiger partial charge < -0.3 is 5.32 Å². The van der Waals surface area contributed by atoms with Gasteiger partial charge in [-0.25, -0.2) is 4.98 Å². The molecule has 3 aromatic carbocycles. The van der Waals surface area contributed by atoms with Crippen LogP contribution in [-0.2, 0) is 0 Å². The van der Waals surface area contributed by atoms with Crippen LogP contribution in [0.25, 0.3) is 31.4 Å². The number of nitrogens with zero attached hydrogens (tertiary/aromatic N) is 1. The van der Waals surface area contributed by atoms with Crippen molar-refractivity contribution < 1.29 is 9.59 Å². The average molecular weight is 581 g/mol. The number of benzene rings is 3. The maximum atomic E-state index is 12.8. The number of amides is 2. The van der Waals surface area contributed by atoms with E-state index in [1.165, 1.54) is 34.0 Å². The van der Waals surface area contributed by atoms with E-state index < -0.39 is 0 Å². The predicted octanol–water partition coefficient (Wildman–Crippen LogP) is 9.05. The van der Waals surface area contributed by atoms with Gasteiger partial charge in [-0.05, 0) is 24.3 Å². The number of halogens is 2. The third kappa shape index (κ3) is 4.63. The van der Waals surface area contributed by atoms with E-state index in [-0.39, 0.29) is 11.8 Å². The molecule has 0 aliphatic carbocycles. The van der Waals surface area contributed by atoms with Crippen molar-refractivity contribution in [1.82, 2.24) is 4.98 Å². The van der Waals surface area contributed by atoms with E-state index in [2.05, 4.69) is 15.6 Å². The summed E-state index contributed by atoms with van der Waals surface area (Å²) in [4.78, 5) is 31.1. The molecule has 182 valence electrons. The Morgan fingerprint density at radius 3 is 1.81 bits per heavy atom. The number of carbonyl (C=O) groups is 2. The zero-order valence-electron chi connectivity index (χ0n) is 18.7. The second kappa shape index (κ2) is 9.89. The van der Waals surface area contributed by atoms with E-state index in [9.17, 15) is 9.59 Å². The molecule has 0 fully saturated rings. The van der Waals surface area contributed by atoms with Gasteiger partial charge in [-0.2, -0.15) is 0 Å². The molecule has 0 aliphatic heterocycles. The highest BCUT2D eigenvalue weighted by molar-refractivity contribution is 7.22. The van der Waals surface area contributed by atoms with Crippen molar-refractivity contribution in [2.75, 3.05) is 10.6 Å². The molecule has 0 saturated carbocycles. The van der Waals surface area contributed by atoms with Crippen molar-refractivity contribution in [2.45, 2.75) is 0 Å². The number of thiophene rings is 2. The first-order valence-electron chi connectivity index (χ1n) is 11.0. The Kier molecular flexibility index (Phi) is 6.44. The van der Waals surface area contributed by atoms with Crippen LogP contribution >= 0.6 is 57.2 Å². The molecule has 0 unspecified atom stereocenters. The molecule has 0 aliphatic rings. The molecule has 5 nitrogen and oxygen atoms in total. The molecule has 2 amide bonds. The summed E-state index contributed by atoms with van der Waals surface area (Å²) in [5.41, 5.74) is 2.22. The fraction of sp³-hybridized carbons (Fsp3) is 0. The summed E-state index contributed by atoms with van der Waals surface area (Å²) in [6.45, 7) is 0. The van der Waals surface area contributed by atoms with Gasteiger partial charge in [0.15, 0.2) is 5.13 Å². The standard InChI is InChI=1S/C27H15Cl2N3O2S3/c28-21-16-5-1-3-7-19(16)36-23(21)25(33)30-15-11-9-14(10-12-15)18-13-35-27(31-18)32-26(34)24-22(29)17-6-2-4-8-20(17)37-24/h1-13H,(H,30,33)(H,31,32,34). The highest BCUT2D eigenvalue weighted by atomic mass is 35.5. The van der Waals surface area contributed by atoms with Crippen molar-refractivity contribution in [1.29, 1.82) is 0 Å². The molecule has 0 atom stereocenters. The number of aromatic nitrogens is 1. The lowest BCUT2D eigenvalue weighted by atomic mass is 10.1. The second-order valence-corrected chi connectivity index (χ2v) is 11.7. The Hall–Kier alpha value is -3.27. The van der Waals surface area contributed by atoms with Crippen molar-refractivity contribution in [3.05, 3.63) is 98.0 Å². The number of thiazole rings is 1. The van der Waals surface area contributed by atoms with Gasteiger partial charge in [0.05, 0.1) is 15.7 Å². The Balaban J connectivity index is 1.15. The molecule has 10 heteroatoms. The minimum absolute atomic E-state index is 0.252. The Morgan fingerprint density at radius 1 is 0.703 bits per heavy atom. The van der Waals surface area contributed by atoms with E-state index in [0.717, 1.165) is 25.7 Å². The minimum atomic E-state index is -0.287. The van der Waals surface area contributed by atoms with Crippen LogP contribution in [0.4, 0.5) is 10.8 Å². The van der Waals surface area contributed by atoms with Gasteiger partial charge in [0.1, 0.15) is 9.75 Å². The molecule has 0 spiro atoms. The third-order valence-corrected chi connectivity index (χ3v) is 9.75. The van der Waals surface area contributed by atoms with Crippen LogP contribution < -0.4 is 10.6 Å². The molecular formula is C27H15Cl2N3O2S3. The third-order valence-electron chi connectivity index (χ3n) is 5.65. The molecule has 37 heavy (non-hydrogen) atoms. The zero-order chi connectivity index (χ0) is 25.5. The monoisotopic (exact) mass is 579 g/mol. The fourth-order valence-electron chi connectivity index (χ4n) is 3.85. The molecule has 0 saturated heterocycles. The van der Waals surface area contributed by atoms with Crippen molar-refractivity contribution in [3.8, 4) is 11.3 Å². The number of anilines is 2. The normalized spacial score (nSPS) is 11.2. The number of carbonyl (C=O) groups excluding carboxylic acids is 2. The number of fused-ring (bicyclic) bond motifs is 2. The van der Waals surface area contributed by atoms with Crippen LogP contribution in [0.5, 0.6) is 0 Å². The summed E-state index contributed by atoms with van der Waals surface area (Å²) in [6.07, 6.45) is 0. The van der Waals surface area contributed by atoms with Crippen LogP contribution in [0.3, 0.4) is 0 Å². The van der Waals surface area contributed by atoms with Gasteiger partial charge >= 0.3 is 0 Å². The van der Waals surface area contributed by atoms with Gasteiger partial charge in [-0.1, -0.05) is 71.7 Å². The van der Waals surface area contributed by atoms with E-state index in [4.69, 9.17) is 23.2 Å². The van der Waals surface area contributed by atoms with Crippen LogP contribution in [-0.4, -0.2) is 16.8 Å².